The van der Waals surface area contributed by atoms with Crippen molar-refractivity contribution in [2.24, 2.45) is 0 Å². The summed E-state index contributed by atoms with van der Waals surface area (Å²) < 4.78 is 2.18. The molecule has 0 amide bonds. The Hall–Kier alpha value is -5.16. The number of fused-ring (bicyclic) bond motifs is 3. The van der Waals surface area contributed by atoms with Crippen LogP contribution in [0.3, 0.4) is 0 Å². The average molecular weight is 576 g/mol. The molecule has 0 aliphatic rings. The van der Waals surface area contributed by atoms with Crippen LogP contribution < -0.4 is 0 Å². The highest BCUT2D eigenvalue weighted by atomic mass is 15.1. The van der Waals surface area contributed by atoms with E-state index >= 15 is 0 Å². The van der Waals surface area contributed by atoms with Gasteiger partial charge >= 0.3 is 0 Å². The van der Waals surface area contributed by atoms with Gasteiger partial charge in [-0.25, -0.2) is 9.97 Å². The fourth-order valence-corrected chi connectivity index (χ4v) is 5.45. The van der Waals surface area contributed by atoms with Crippen LogP contribution in [0.4, 0.5) is 0 Å². The van der Waals surface area contributed by atoms with Gasteiger partial charge in [0, 0.05) is 29.5 Å². The highest BCUT2D eigenvalue weighted by Crippen LogP contribution is 2.33. The van der Waals surface area contributed by atoms with Crippen LogP contribution in [0.15, 0.2) is 116 Å². The SMILES string of the molecule is CCCC.CCc1cc(-c2cc(-c3ccncc3)nc(-c3cccc(-n4c5ccccc5c5ncccc54)n3)c2)ccc1C. The van der Waals surface area contributed by atoms with Gasteiger partial charge in [-0.1, -0.05) is 76.1 Å². The molecule has 0 fully saturated rings. The molecule has 7 aromatic rings. The average Bonchev–Trinajstić information content (AvgIpc) is 3.43. The Bertz CT molecular complexity index is 1990. The minimum atomic E-state index is 0.812. The summed E-state index contributed by atoms with van der Waals surface area (Å²) in [5, 5.41) is 1.11. The summed E-state index contributed by atoms with van der Waals surface area (Å²) in [6, 6.07) is 33.5. The summed E-state index contributed by atoms with van der Waals surface area (Å²) >= 11 is 0. The summed E-state index contributed by atoms with van der Waals surface area (Å²) in [6.07, 6.45) is 9.08. The second kappa shape index (κ2) is 13.0. The summed E-state index contributed by atoms with van der Waals surface area (Å²) in [7, 11) is 0. The first kappa shape index (κ1) is 28.9. The Morgan fingerprint density at radius 3 is 2.16 bits per heavy atom. The molecule has 0 spiro atoms. The quantitative estimate of drug-likeness (QED) is 0.198. The predicted molar refractivity (Wildman–Crippen MR) is 183 cm³/mol. The third-order valence-corrected chi connectivity index (χ3v) is 8.02. The summed E-state index contributed by atoms with van der Waals surface area (Å²) in [5.41, 5.74) is 11.6. The highest BCUT2D eigenvalue weighted by Gasteiger charge is 2.15. The van der Waals surface area contributed by atoms with Gasteiger partial charge in [0.05, 0.1) is 33.6 Å². The van der Waals surface area contributed by atoms with E-state index in [-0.39, 0.29) is 0 Å². The number of aryl methyl sites for hydroxylation is 2. The van der Waals surface area contributed by atoms with E-state index in [0.29, 0.717) is 0 Å². The second-order valence-electron chi connectivity index (χ2n) is 11.0. The van der Waals surface area contributed by atoms with Crippen molar-refractivity contribution in [3.05, 3.63) is 127 Å². The van der Waals surface area contributed by atoms with Crippen LogP contribution in [0, 0.1) is 6.92 Å². The monoisotopic (exact) mass is 575 g/mol. The first-order valence-corrected chi connectivity index (χ1v) is 15.5. The standard InChI is InChI=1S/C35H27N5.C4H10/c1-3-24-20-26(14-13-23(24)2)27-21-30(25-15-18-36-19-16-25)38-31(22-27)29-9-6-12-34(39-29)40-32-10-5-4-8-28(32)35-33(40)11-7-17-37-35;1-3-4-2/h4-22H,3H2,1-2H3;3-4H2,1-2H3. The fourth-order valence-electron chi connectivity index (χ4n) is 5.45. The zero-order chi connectivity index (χ0) is 30.5. The molecule has 0 atom stereocenters. The third-order valence-electron chi connectivity index (χ3n) is 8.02. The third kappa shape index (κ3) is 5.73. The second-order valence-corrected chi connectivity index (χ2v) is 11.0. The van der Waals surface area contributed by atoms with Crippen molar-refractivity contribution in [3.63, 3.8) is 0 Å². The molecule has 5 heteroatoms. The molecule has 5 nitrogen and oxygen atoms in total. The number of hydrogen-bond donors (Lipinski definition) is 0. The van der Waals surface area contributed by atoms with E-state index in [0.717, 1.165) is 62.4 Å². The Kier molecular flexibility index (Phi) is 8.55. The van der Waals surface area contributed by atoms with E-state index in [2.05, 4.69) is 109 Å². The molecule has 0 bridgehead atoms. The Morgan fingerprint density at radius 1 is 0.591 bits per heavy atom. The largest absolute Gasteiger partial charge is 0.292 e. The summed E-state index contributed by atoms with van der Waals surface area (Å²) in [6.45, 7) is 8.73. The summed E-state index contributed by atoms with van der Waals surface area (Å²) in [4.78, 5) is 19.1. The molecule has 7 rings (SSSR count). The van der Waals surface area contributed by atoms with Crippen molar-refractivity contribution < 1.29 is 0 Å². The molecule has 0 N–H and O–H groups in total. The Morgan fingerprint density at radius 2 is 1.36 bits per heavy atom. The zero-order valence-corrected chi connectivity index (χ0v) is 25.8. The van der Waals surface area contributed by atoms with E-state index in [4.69, 9.17) is 9.97 Å². The number of nitrogens with zero attached hydrogens (tertiary/aromatic N) is 5. The summed E-state index contributed by atoms with van der Waals surface area (Å²) in [5.74, 6) is 0.831. The van der Waals surface area contributed by atoms with E-state index < -0.39 is 0 Å². The maximum Gasteiger partial charge on any atom is 0.138 e. The lowest BCUT2D eigenvalue weighted by molar-refractivity contribution is 0.886. The number of rotatable bonds is 6. The van der Waals surface area contributed by atoms with Crippen LogP contribution in [-0.4, -0.2) is 24.5 Å². The lowest BCUT2D eigenvalue weighted by Gasteiger charge is -2.13. The lowest BCUT2D eigenvalue weighted by Crippen LogP contribution is -2.00. The molecule has 0 radical (unpaired) electrons. The van der Waals surface area contributed by atoms with Crippen molar-refractivity contribution in [1.29, 1.82) is 0 Å². The molecule has 5 aromatic heterocycles. The van der Waals surface area contributed by atoms with Gasteiger partial charge < -0.3 is 0 Å². The molecule has 44 heavy (non-hydrogen) atoms. The molecular weight excluding hydrogens is 538 g/mol. The molecule has 0 unspecified atom stereocenters. The normalized spacial score (nSPS) is 11.0. The van der Waals surface area contributed by atoms with Gasteiger partial charge in [0.25, 0.3) is 0 Å². The van der Waals surface area contributed by atoms with Gasteiger partial charge in [-0.15, -0.1) is 0 Å². The number of unbranched alkanes of at least 4 members (excludes halogenated alkanes) is 1. The lowest BCUT2D eigenvalue weighted by atomic mass is 9.97. The topological polar surface area (TPSA) is 56.5 Å². The maximum absolute atomic E-state index is 5.16. The molecule has 0 aliphatic carbocycles. The number of para-hydroxylation sites is 1. The fraction of sp³-hybridized carbons (Fsp3) is 0.179. The van der Waals surface area contributed by atoms with Crippen LogP contribution in [0.5, 0.6) is 0 Å². The van der Waals surface area contributed by atoms with E-state index in [1.54, 1.807) is 12.4 Å². The molecule has 0 saturated carbocycles. The van der Waals surface area contributed by atoms with Crippen molar-refractivity contribution >= 4 is 21.9 Å². The minimum absolute atomic E-state index is 0.812. The van der Waals surface area contributed by atoms with Crippen LogP contribution in [-0.2, 0) is 6.42 Å². The van der Waals surface area contributed by atoms with Gasteiger partial charge in [0.15, 0.2) is 0 Å². The maximum atomic E-state index is 5.16. The van der Waals surface area contributed by atoms with Gasteiger partial charge in [0.2, 0.25) is 0 Å². The number of aromatic nitrogens is 5. The van der Waals surface area contributed by atoms with Crippen molar-refractivity contribution in [1.82, 2.24) is 24.5 Å². The molecule has 5 heterocycles. The first-order valence-electron chi connectivity index (χ1n) is 15.5. The molecular formula is C39H37N5. The van der Waals surface area contributed by atoms with Crippen molar-refractivity contribution in [3.8, 4) is 39.6 Å². The molecule has 0 aliphatic heterocycles. The Labute approximate surface area is 259 Å². The van der Waals surface area contributed by atoms with Gasteiger partial charge in [-0.05, 0) is 90.2 Å². The highest BCUT2D eigenvalue weighted by molar-refractivity contribution is 6.06. The number of pyridine rings is 4. The Balaban J connectivity index is 0.000000810. The number of hydrogen-bond acceptors (Lipinski definition) is 4. The van der Waals surface area contributed by atoms with E-state index in [1.807, 2.05) is 36.5 Å². The zero-order valence-electron chi connectivity index (χ0n) is 25.8. The van der Waals surface area contributed by atoms with Crippen LogP contribution in [0.2, 0.25) is 0 Å². The van der Waals surface area contributed by atoms with E-state index in [9.17, 15) is 0 Å². The smallest absolute Gasteiger partial charge is 0.138 e. The van der Waals surface area contributed by atoms with Crippen LogP contribution >= 0.6 is 0 Å². The minimum Gasteiger partial charge on any atom is -0.292 e. The van der Waals surface area contributed by atoms with Crippen molar-refractivity contribution in [2.45, 2.75) is 47.0 Å². The molecule has 218 valence electrons. The molecule has 2 aromatic carbocycles. The van der Waals surface area contributed by atoms with E-state index in [1.165, 1.54) is 29.5 Å². The van der Waals surface area contributed by atoms with Gasteiger partial charge in [-0.2, -0.15) is 0 Å². The number of benzene rings is 2. The first-order chi connectivity index (χ1) is 21.6. The van der Waals surface area contributed by atoms with Crippen molar-refractivity contribution in [2.75, 3.05) is 0 Å². The van der Waals surface area contributed by atoms with Crippen LogP contribution in [0.1, 0.15) is 44.7 Å². The predicted octanol–water partition coefficient (Wildman–Crippen LogP) is 10.0. The van der Waals surface area contributed by atoms with Gasteiger partial charge in [0.1, 0.15) is 5.82 Å². The van der Waals surface area contributed by atoms with Crippen LogP contribution in [0.25, 0.3) is 61.5 Å². The molecule has 0 saturated heterocycles. The van der Waals surface area contributed by atoms with Gasteiger partial charge in [-0.3, -0.25) is 14.5 Å².